The number of halogens is 3. The molecule has 2 heterocycles. The summed E-state index contributed by atoms with van der Waals surface area (Å²) in [5.74, 6) is -1.80. The molecule has 0 aromatic carbocycles. The van der Waals surface area contributed by atoms with Crippen LogP contribution in [0, 0.1) is 6.92 Å². The fourth-order valence-electron chi connectivity index (χ4n) is 2.88. The Bertz CT molecular complexity index is 707. The van der Waals surface area contributed by atoms with Crippen molar-refractivity contribution in [2.45, 2.75) is 38.3 Å². The van der Waals surface area contributed by atoms with Crippen LogP contribution in [0.4, 0.5) is 13.2 Å². The molecular weight excluding hydrogens is 337 g/mol. The van der Waals surface area contributed by atoms with Crippen LogP contribution in [0.15, 0.2) is 22.6 Å². The standard InChI is InChI=1S/C15H23F3N6O/c1-9-10(7-22-24(9)13(2,3)8-25-5)15(19)21-6-11(14(16,17)18)12(20-4)23-15/h6-7,20,23H,8,19H2,1-5H3. The normalized spacial score (nSPS) is 21.5. The van der Waals surface area contributed by atoms with Crippen molar-refractivity contribution < 1.29 is 17.9 Å². The van der Waals surface area contributed by atoms with E-state index in [1.165, 1.54) is 13.2 Å². The van der Waals surface area contributed by atoms with Crippen LogP contribution < -0.4 is 16.4 Å². The van der Waals surface area contributed by atoms with Gasteiger partial charge in [0.15, 0.2) is 0 Å². The van der Waals surface area contributed by atoms with E-state index in [1.54, 1.807) is 18.7 Å². The Morgan fingerprint density at radius 3 is 2.56 bits per heavy atom. The van der Waals surface area contributed by atoms with Crippen LogP contribution in [0.25, 0.3) is 0 Å². The molecule has 1 aliphatic rings. The lowest BCUT2D eigenvalue weighted by Gasteiger charge is -2.33. The minimum atomic E-state index is -4.55. The summed E-state index contributed by atoms with van der Waals surface area (Å²) in [6.45, 7) is 6.06. The first kappa shape index (κ1) is 19.3. The molecule has 1 aromatic heterocycles. The van der Waals surface area contributed by atoms with E-state index in [0.29, 0.717) is 17.9 Å². The van der Waals surface area contributed by atoms with E-state index in [1.807, 2.05) is 13.8 Å². The van der Waals surface area contributed by atoms with Gasteiger partial charge in [-0.3, -0.25) is 10.4 Å². The molecule has 2 rings (SSSR count). The molecule has 1 unspecified atom stereocenters. The number of ether oxygens (including phenoxy) is 1. The molecule has 0 aliphatic carbocycles. The second-order valence-corrected chi connectivity index (χ2v) is 6.49. The fraction of sp³-hybridized carbons (Fsp3) is 0.600. The second-order valence-electron chi connectivity index (χ2n) is 6.49. The third-order valence-corrected chi connectivity index (χ3v) is 4.03. The van der Waals surface area contributed by atoms with Crippen LogP contribution in [0.1, 0.15) is 25.1 Å². The van der Waals surface area contributed by atoms with Gasteiger partial charge in [-0.2, -0.15) is 18.3 Å². The summed E-state index contributed by atoms with van der Waals surface area (Å²) in [6.07, 6.45) is -2.31. The van der Waals surface area contributed by atoms with Gasteiger partial charge in [-0.1, -0.05) is 0 Å². The zero-order valence-electron chi connectivity index (χ0n) is 14.8. The van der Waals surface area contributed by atoms with Gasteiger partial charge in [-0.05, 0) is 20.8 Å². The molecule has 0 bridgehead atoms. The van der Waals surface area contributed by atoms with Crippen LogP contribution >= 0.6 is 0 Å². The van der Waals surface area contributed by atoms with Gasteiger partial charge in [0, 0.05) is 26.1 Å². The molecular formula is C15H23F3N6O. The molecule has 0 amide bonds. The third kappa shape index (κ3) is 3.49. The number of aromatic nitrogens is 2. The predicted molar refractivity (Wildman–Crippen MR) is 87.8 cm³/mol. The second kappa shape index (κ2) is 6.34. The molecule has 0 radical (unpaired) electrons. The van der Waals surface area contributed by atoms with Gasteiger partial charge >= 0.3 is 6.18 Å². The number of nitrogens with one attached hydrogen (secondary N) is 2. The summed E-state index contributed by atoms with van der Waals surface area (Å²) >= 11 is 0. The number of nitrogens with two attached hydrogens (primary N) is 1. The van der Waals surface area contributed by atoms with Crippen LogP contribution in [-0.4, -0.2) is 42.9 Å². The molecule has 4 N–H and O–H groups in total. The summed E-state index contributed by atoms with van der Waals surface area (Å²) in [5.41, 5.74) is 6.03. The lowest BCUT2D eigenvalue weighted by molar-refractivity contribution is -0.0875. The van der Waals surface area contributed by atoms with E-state index in [2.05, 4.69) is 20.7 Å². The summed E-state index contributed by atoms with van der Waals surface area (Å²) in [7, 11) is 2.97. The van der Waals surface area contributed by atoms with E-state index < -0.39 is 23.1 Å². The van der Waals surface area contributed by atoms with Crippen molar-refractivity contribution in [2.75, 3.05) is 20.8 Å². The van der Waals surface area contributed by atoms with Gasteiger partial charge in [0.05, 0.1) is 23.9 Å². The van der Waals surface area contributed by atoms with Crippen molar-refractivity contribution in [3.8, 4) is 0 Å². The smallest absolute Gasteiger partial charge is 0.382 e. The lowest BCUT2D eigenvalue weighted by atomic mass is 10.0. The van der Waals surface area contributed by atoms with Crippen molar-refractivity contribution in [1.29, 1.82) is 0 Å². The molecule has 25 heavy (non-hydrogen) atoms. The summed E-state index contributed by atoms with van der Waals surface area (Å²) in [4.78, 5) is 3.92. The van der Waals surface area contributed by atoms with Gasteiger partial charge in [-0.25, -0.2) is 4.99 Å². The fourth-order valence-corrected chi connectivity index (χ4v) is 2.88. The third-order valence-electron chi connectivity index (χ3n) is 4.03. The van der Waals surface area contributed by atoms with Gasteiger partial charge < -0.3 is 15.4 Å². The molecule has 0 saturated carbocycles. The number of alkyl halides is 3. The van der Waals surface area contributed by atoms with E-state index in [9.17, 15) is 13.2 Å². The Kier molecular flexibility index (Phi) is 4.88. The van der Waals surface area contributed by atoms with Crippen molar-refractivity contribution in [1.82, 2.24) is 20.4 Å². The van der Waals surface area contributed by atoms with E-state index >= 15 is 0 Å². The summed E-state index contributed by atoms with van der Waals surface area (Å²) in [6, 6.07) is 0. The largest absolute Gasteiger partial charge is 0.421 e. The zero-order valence-corrected chi connectivity index (χ0v) is 14.8. The number of aliphatic imine (C=N–C) groups is 1. The highest BCUT2D eigenvalue weighted by Gasteiger charge is 2.42. The maximum atomic E-state index is 13.1. The van der Waals surface area contributed by atoms with Crippen molar-refractivity contribution in [3.63, 3.8) is 0 Å². The first-order valence-electron chi connectivity index (χ1n) is 7.62. The average molecular weight is 360 g/mol. The molecule has 1 atom stereocenters. The summed E-state index contributed by atoms with van der Waals surface area (Å²) in [5, 5.41) is 9.46. The Balaban J connectivity index is 2.43. The maximum absolute atomic E-state index is 13.1. The van der Waals surface area contributed by atoms with Gasteiger partial charge in [0.25, 0.3) is 0 Å². The Labute approximate surface area is 144 Å². The number of methoxy groups -OCH3 is 1. The van der Waals surface area contributed by atoms with E-state index in [0.717, 1.165) is 6.21 Å². The number of rotatable bonds is 5. The van der Waals surface area contributed by atoms with E-state index in [4.69, 9.17) is 10.5 Å². The Hall–Kier alpha value is -2.07. The number of hydrogen-bond acceptors (Lipinski definition) is 6. The maximum Gasteiger partial charge on any atom is 0.421 e. The highest BCUT2D eigenvalue weighted by molar-refractivity contribution is 5.82. The van der Waals surface area contributed by atoms with Crippen LogP contribution in [0.3, 0.4) is 0 Å². The van der Waals surface area contributed by atoms with Crippen molar-refractivity contribution in [3.05, 3.63) is 28.8 Å². The highest BCUT2D eigenvalue weighted by Crippen LogP contribution is 2.32. The van der Waals surface area contributed by atoms with Crippen LogP contribution in [0.2, 0.25) is 0 Å². The van der Waals surface area contributed by atoms with Gasteiger partial charge in [0.1, 0.15) is 11.4 Å². The SMILES string of the molecule is CNC1=C(C(F)(F)F)C=NC(N)(c2cnn(C(C)(C)COC)c2C)N1. The first-order valence-corrected chi connectivity index (χ1v) is 7.62. The van der Waals surface area contributed by atoms with Crippen LogP contribution in [-0.2, 0) is 16.1 Å². The average Bonchev–Trinajstić information content (AvgIpc) is 2.89. The van der Waals surface area contributed by atoms with Gasteiger partial charge in [0.2, 0.25) is 5.79 Å². The summed E-state index contributed by atoms with van der Waals surface area (Å²) < 4.78 is 46.1. The predicted octanol–water partition coefficient (Wildman–Crippen LogP) is 1.31. The van der Waals surface area contributed by atoms with Crippen LogP contribution in [0.5, 0.6) is 0 Å². The van der Waals surface area contributed by atoms with E-state index in [-0.39, 0.29) is 5.82 Å². The number of nitrogens with zero attached hydrogens (tertiary/aromatic N) is 3. The molecule has 0 fully saturated rings. The molecule has 7 nitrogen and oxygen atoms in total. The van der Waals surface area contributed by atoms with Gasteiger partial charge in [-0.15, -0.1) is 0 Å². The topological polar surface area (TPSA) is 89.5 Å². The quantitative estimate of drug-likeness (QED) is 0.737. The minimum absolute atomic E-state index is 0.242. The Morgan fingerprint density at radius 2 is 2.04 bits per heavy atom. The molecule has 0 spiro atoms. The molecule has 10 heteroatoms. The lowest BCUT2D eigenvalue weighted by Crippen LogP contribution is -2.54. The number of hydrogen-bond donors (Lipinski definition) is 3. The first-order chi connectivity index (χ1) is 11.5. The molecule has 140 valence electrons. The molecule has 0 saturated heterocycles. The zero-order chi connectivity index (χ0) is 19.0. The molecule has 1 aromatic rings. The Morgan fingerprint density at radius 1 is 1.40 bits per heavy atom. The number of allylic oxidation sites excluding steroid dienone is 1. The monoisotopic (exact) mass is 360 g/mol. The highest BCUT2D eigenvalue weighted by atomic mass is 19.4. The van der Waals surface area contributed by atoms with Crippen molar-refractivity contribution in [2.24, 2.45) is 10.7 Å². The van der Waals surface area contributed by atoms with Crippen molar-refractivity contribution >= 4 is 6.21 Å². The molecule has 1 aliphatic heterocycles. The minimum Gasteiger partial charge on any atom is -0.382 e.